The van der Waals surface area contributed by atoms with Crippen LogP contribution in [-0.2, 0) is 13.6 Å². The summed E-state index contributed by atoms with van der Waals surface area (Å²) in [6.07, 6.45) is 6.14. The van der Waals surface area contributed by atoms with Crippen molar-refractivity contribution in [2.24, 2.45) is 7.05 Å². The third-order valence-corrected chi connectivity index (χ3v) is 5.96. The minimum absolute atomic E-state index is 0.442. The molecular formula is C19H24N6S. The summed E-state index contributed by atoms with van der Waals surface area (Å²) in [5.41, 5.74) is 5.16. The Morgan fingerprint density at radius 2 is 2.12 bits per heavy atom. The molecule has 0 aliphatic carbocycles. The SMILES string of the molecule is Cc1nc(-c2nccn2C)cc(C2CCCN(Cc3scnc3C)C2)n1. The Balaban J connectivity index is 1.56. The molecule has 0 saturated carbocycles. The second-order valence-corrected chi connectivity index (χ2v) is 7.96. The van der Waals surface area contributed by atoms with Gasteiger partial charge in [0, 0.05) is 49.0 Å². The van der Waals surface area contributed by atoms with Crippen molar-refractivity contribution in [3.05, 3.63) is 46.1 Å². The fraction of sp³-hybridized carbons (Fsp3) is 0.474. The molecule has 0 spiro atoms. The van der Waals surface area contributed by atoms with Gasteiger partial charge in [-0.25, -0.2) is 19.9 Å². The first-order valence-electron chi connectivity index (χ1n) is 9.04. The first-order valence-corrected chi connectivity index (χ1v) is 9.92. The molecule has 7 heteroatoms. The Hall–Kier alpha value is -2.12. The highest BCUT2D eigenvalue weighted by atomic mass is 32.1. The summed E-state index contributed by atoms with van der Waals surface area (Å²) in [6.45, 7) is 7.23. The van der Waals surface area contributed by atoms with Crippen LogP contribution in [0.5, 0.6) is 0 Å². The topological polar surface area (TPSA) is 59.7 Å². The van der Waals surface area contributed by atoms with Crippen molar-refractivity contribution in [2.75, 3.05) is 13.1 Å². The highest BCUT2D eigenvalue weighted by Crippen LogP contribution is 2.29. The van der Waals surface area contributed by atoms with Crippen LogP contribution in [0.2, 0.25) is 0 Å². The van der Waals surface area contributed by atoms with Crippen molar-refractivity contribution in [1.29, 1.82) is 0 Å². The van der Waals surface area contributed by atoms with Crippen LogP contribution >= 0.6 is 11.3 Å². The molecule has 0 amide bonds. The largest absolute Gasteiger partial charge is 0.333 e. The lowest BCUT2D eigenvalue weighted by Gasteiger charge is -2.32. The van der Waals surface area contributed by atoms with Gasteiger partial charge < -0.3 is 4.57 Å². The lowest BCUT2D eigenvalue weighted by molar-refractivity contribution is 0.199. The van der Waals surface area contributed by atoms with Crippen molar-refractivity contribution < 1.29 is 0 Å². The van der Waals surface area contributed by atoms with Crippen LogP contribution in [0.4, 0.5) is 0 Å². The fourth-order valence-electron chi connectivity index (χ4n) is 3.65. The number of imidazole rings is 1. The van der Waals surface area contributed by atoms with E-state index < -0.39 is 0 Å². The maximum atomic E-state index is 4.76. The molecular weight excluding hydrogens is 344 g/mol. The van der Waals surface area contributed by atoms with Crippen LogP contribution in [0.25, 0.3) is 11.5 Å². The first kappa shape index (κ1) is 17.3. The van der Waals surface area contributed by atoms with Crippen LogP contribution in [0.15, 0.2) is 24.0 Å². The molecule has 26 heavy (non-hydrogen) atoms. The Kier molecular flexibility index (Phi) is 4.82. The normalized spacial score (nSPS) is 18.3. The first-order chi connectivity index (χ1) is 12.6. The van der Waals surface area contributed by atoms with Gasteiger partial charge in [-0.15, -0.1) is 11.3 Å². The minimum Gasteiger partial charge on any atom is -0.333 e. The van der Waals surface area contributed by atoms with E-state index in [0.717, 1.165) is 48.4 Å². The average molecular weight is 369 g/mol. The summed E-state index contributed by atoms with van der Waals surface area (Å²) >= 11 is 1.76. The van der Waals surface area contributed by atoms with Crippen LogP contribution in [0.1, 0.15) is 40.8 Å². The van der Waals surface area contributed by atoms with Gasteiger partial charge in [0.15, 0.2) is 5.82 Å². The number of aryl methyl sites for hydroxylation is 3. The number of rotatable bonds is 4. The zero-order valence-electron chi connectivity index (χ0n) is 15.5. The van der Waals surface area contributed by atoms with Crippen molar-refractivity contribution in [3.63, 3.8) is 0 Å². The number of piperidine rings is 1. The number of hydrogen-bond donors (Lipinski definition) is 0. The Morgan fingerprint density at radius 1 is 1.23 bits per heavy atom. The summed E-state index contributed by atoms with van der Waals surface area (Å²) in [5.74, 6) is 2.15. The molecule has 0 bridgehead atoms. The highest BCUT2D eigenvalue weighted by Gasteiger charge is 2.24. The van der Waals surface area contributed by atoms with Crippen LogP contribution in [0.3, 0.4) is 0 Å². The van der Waals surface area contributed by atoms with Crippen LogP contribution in [0, 0.1) is 13.8 Å². The molecule has 6 nitrogen and oxygen atoms in total. The van der Waals surface area contributed by atoms with E-state index in [1.165, 1.54) is 17.7 Å². The molecule has 136 valence electrons. The van der Waals surface area contributed by atoms with Gasteiger partial charge in [0.1, 0.15) is 11.5 Å². The van der Waals surface area contributed by atoms with Crippen molar-refractivity contribution in [1.82, 2.24) is 29.4 Å². The van der Waals surface area contributed by atoms with E-state index in [1.807, 2.05) is 36.4 Å². The number of likely N-dealkylation sites (tertiary alicyclic amines) is 1. The standard InChI is InChI=1S/C19H24N6S/c1-13-18(26-12-21-13)11-25-7-4-5-15(10-25)16-9-17(23-14(2)22-16)19-20-6-8-24(19)3/h6,8-9,12,15H,4-5,7,10-11H2,1-3H3. The van der Waals surface area contributed by atoms with E-state index in [4.69, 9.17) is 4.98 Å². The lowest BCUT2D eigenvalue weighted by Crippen LogP contribution is -2.34. The Bertz CT molecular complexity index is 899. The lowest BCUT2D eigenvalue weighted by atomic mass is 9.94. The summed E-state index contributed by atoms with van der Waals surface area (Å²) in [7, 11) is 2.00. The molecule has 0 aromatic carbocycles. The molecule has 0 N–H and O–H groups in total. The van der Waals surface area contributed by atoms with E-state index in [1.54, 1.807) is 11.3 Å². The van der Waals surface area contributed by atoms with Gasteiger partial charge in [0.2, 0.25) is 0 Å². The maximum Gasteiger partial charge on any atom is 0.158 e. The maximum absolute atomic E-state index is 4.76. The van der Waals surface area contributed by atoms with Gasteiger partial charge in [-0.3, -0.25) is 4.90 Å². The van der Waals surface area contributed by atoms with Crippen LogP contribution in [-0.4, -0.2) is 42.5 Å². The van der Waals surface area contributed by atoms with Gasteiger partial charge in [0.05, 0.1) is 11.2 Å². The second kappa shape index (κ2) is 7.25. The van der Waals surface area contributed by atoms with E-state index in [2.05, 4.69) is 32.8 Å². The smallest absolute Gasteiger partial charge is 0.158 e. The quantitative estimate of drug-likeness (QED) is 0.707. The van der Waals surface area contributed by atoms with E-state index in [0.29, 0.717) is 5.92 Å². The second-order valence-electron chi connectivity index (χ2n) is 7.02. The predicted molar refractivity (Wildman–Crippen MR) is 103 cm³/mol. The van der Waals surface area contributed by atoms with E-state index in [-0.39, 0.29) is 0 Å². The highest BCUT2D eigenvalue weighted by molar-refractivity contribution is 7.09. The van der Waals surface area contributed by atoms with Crippen molar-refractivity contribution in [2.45, 2.75) is 39.2 Å². The molecule has 1 aliphatic heterocycles. The Morgan fingerprint density at radius 3 is 2.85 bits per heavy atom. The summed E-state index contributed by atoms with van der Waals surface area (Å²) in [4.78, 5) is 22.1. The van der Waals surface area contributed by atoms with Gasteiger partial charge in [-0.1, -0.05) is 0 Å². The number of nitrogens with zero attached hydrogens (tertiary/aromatic N) is 6. The van der Waals surface area contributed by atoms with Gasteiger partial charge in [-0.05, 0) is 39.3 Å². The molecule has 1 saturated heterocycles. The molecule has 1 atom stereocenters. The molecule has 4 rings (SSSR count). The average Bonchev–Trinajstić information content (AvgIpc) is 3.23. The molecule has 0 radical (unpaired) electrons. The number of aromatic nitrogens is 5. The summed E-state index contributed by atoms with van der Waals surface area (Å²) < 4.78 is 2.01. The molecule has 3 aromatic heterocycles. The fourth-order valence-corrected chi connectivity index (χ4v) is 4.47. The van der Waals surface area contributed by atoms with Gasteiger partial charge >= 0.3 is 0 Å². The summed E-state index contributed by atoms with van der Waals surface area (Å²) in [6, 6.07) is 2.13. The minimum atomic E-state index is 0.442. The number of hydrogen-bond acceptors (Lipinski definition) is 6. The third kappa shape index (κ3) is 3.54. The zero-order valence-corrected chi connectivity index (χ0v) is 16.3. The van der Waals surface area contributed by atoms with Gasteiger partial charge in [-0.2, -0.15) is 0 Å². The van der Waals surface area contributed by atoms with E-state index >= 15 is 0 Å². The van der Waals surface area contributed by atoms with Crippen molar-refractivity contribution >= 4 is 11.3 Å². The van der Waals surface area contributed by atoms with Crippen LogP contribution < -0.4 is 0 Å². The molecule has 4 heterocycles. The van der Waals surface area contributed by atoms with Gasteiger partial charge in [0.25, 0.3) is 0 Å². The molecule has 1 aliphatic rings. The monoisotopic (exact) mass is 368 g/mol. The predicted octanol–water partition coefficient (Wildman–Crippen LogP) is 3.33. The van der Waals surface area contributed by atoms with E-state index in [9.17, 15) is 0 Å². The molecule has 1 fully saturated rings. The van der Waals surface area contributed by atoms with Crippen molar-refractivity contribution in [3.8, 4) is 11.5 Å². The third-order valence-electron chi connectivity index (χ3n) is 5.04. The zero-order chi connectivity index (χ0) is 18.1. The Labute approximate surface area is 158 Å². The summed E-state index contributed by atoms with van der Waals surface area (Å²) in [5, 5.41) is 0. The number of thiazole rings is 1. The molecule has 3 aromatic rings. The molecule has 1 unspecified atom stereocenters.